The number of benzene rings is 2. The van der Waals surface area contributed by atoms with Crippen LogP contribution in [0.25, 0.3) is 22.3 Å². The Labute approximate surface area is 324 Å². The van der Waals surface area contributed by atoms with Gasteiger partial charge in [-0.3, -0.25) is 0 Å². The lowest BCUT2D eigenvalue weighted by Crippen LogP contribution is -2.38. The van der Waals surface area contributed by atoms with Gasteiger partial charge in [0.1, 0.15) is 0 Å². The summed E-state index contributed by atoms with van der Waals surface area (Å²) < 4.78 is 4.17. The number of hydrogen-bond donors (Lipinski definition) is 6. The predicted octanol–water partition coefficient (Wildman–Crippen LogP) is 7.47. The first-order valence-electron chi connectivity index (χ1n) is 18.8. The molecule has 54 heavy (non-hydrogen) atoms. The van der Waals surface area contributed by atoms with Gasteiger partial charge < -0.3 is 41.0 Å². The minimum absolute atomic E-state index is 0.0214. The zero-order chi connectivity index (χ0) is 37.2. The molecule has 2 aliphatic heterocycles. The highest BCUT2D eigenvalue weighted by molar-refractivity contribution is 6.31. The highest BCUT2D eigenvalue weighted by Crippen LogP contribution is 2.32. The molecule has 4 aromatic heterocycles. The molecule has 16 heteroatoms. The second kappa shape index (κ2) is 15.9. The van der Waals surface area contributed by atoms with Crippen LogP contribution in [0.1, 0.15) is 64.1 Å². The van der Waals surface area contributed by atoms with Crippen molar-refractivity contribution in [2.24, 2.45) is 0 Å². The Hall–Kier alpha value is -4.76. The molecule has 0 aliphatic carbocycles. The second-order valence-electron chi connectivity index (χ2n) is 14.6. The topological polar surface area (TPSA) is 159 Å². The lowest BCUT2D eigenvalue weighted by atomic mass is 10.1. The molecule has 0 radical (unpaired) electrons. The van der Waals surface area contributed by atoms with Crippen molar-refractivity contribution in [1.29, 1.82) is 0 Å². The molecule has 6 aromatic rings. The van der Waals surface area contributed by atoms with Crippen LogP contribution in [0, 0.1) is 0 Å². The normalized spacial score (nSPS) is 18.3. The number of nitrogens with one attached hydrogen (secondary N) is 6. The van der Waals surface area contributed by atoms with Crippen LogP contribution in [0.4, 0.5) is 34.9 Å². The van der Waals surface area contributed by atoms with Gasteiger partial charge >= 0.3 is 0 Å². The van der Waals surface area contributed by atoms with Crippen molar-refractivity contribution in [3.63, 3.8) is 0 Å². The van der Waals surface area contributed by atoms with E-state index in [4.69, 9.17) is 53.1 Å². The third kappa shape index (κ3) is 8.16. The highest BCUT2D eigenvalue weighted by Gasteiger charge is 2.22. The Morgan fingerprint density at radius 3 is 1.91 bits per heavy atom. The van der Waals surface area contributed by atoms with E-state index in [0.29, 0.717) is 51.0 Å². The number of aromatic nitrogens is 8. The first kappa shape index (κ1) is 36.2. The first-order valence-corrected chi connectivity index (χ1v) is 19.5. The van der Waals surface area contributed by atoms with E-state index >= 15 is 0 Å². The van der Waals surface area contributed by atoms with Gasteiger partial charge in [-0.15, -0.1) is 0 Å². The summed E-state index contributed by atoms with van der Waals surface area (Å²) in [5.41, 5.74) is 5.55. The van der Waals surface area contributed by atoms with Crippen LogP contribution in [0.2, 0.25) is 10.0 Å². The number of anilines is 6. The van der Waals surface area contributed by atoms with Gasteiger partial charge in [-0.1, -0.05) is 29.3 Å². The van der Waals surface area contributed by atoms with Crippen molar-refractivity contribution in [3.8, 4) is 0 Å². The summed E-state index contributed by atoms with van der Waals surface area (Å²) in [6, 6.07) is 14.2. The number of nitrogens with zero attached hydrogens (tertiary/aromatic N) is 8. The maximum atomic E-state index is 6.78. The monoisotopic (exact) mass is 768 g/mol. The van der Waals surface area contributed by atoms with Crippen LogP contribution in [-0.4, -0.2) is 77.3 Å². The minimum Gasteiger partial charge on any atom is -0.350 e. The van der Waals surface area contributed by atoms with E-state index < -0.39 is 0 Å². The first-order chi connectivity index (χ1) is 26.3. The largest absolute Gasteiger partial charge is 0.350 e. The van der Waals surface area contributed by atoms with Crippen LogP contribution >= 0.6 is 23.2 Å². The van der Waals surface area contributed by atoms with E-state index in [0.717, 1.165) is 80.1 Å². The van der Waals surface area contributed by atoms with Crippen molar-refractivity contribution >= 4 is 80.4 Å². The summed E-state index contributed by atoms with van der Waals surface area (Å²) >= 11 is 13.1. The Morgan fingerprint density at radius 2 is 1.31 bits per heavy atom. The van der Waals surface area contributed by atoms with Gasteiger partial charge in [0.05, 0.1) is 12.7 Å². The van der Waals surface area contributed by atoms with E-state index in [9.17, 15) is 0 Å². The van der Waals surface area contributed by atoms with Gasteiger partial charge in [0.25, 0.3) is 0 Å². The molecule has 1 unspecified atom stereocenters. The lowest BCUT2D eigenvalue weighted by molar-refractivity contribution is 0.478. The van der Waals surface area contributed by atoms with Crippen LogP contribution < -0.4 is 31.9 Å². The summed E-state index contributed by atoms with van der Waals surface area (Å²) in [7, 11) is 0. The molecule has 2 fully saturated rings. The standard InChI is InChI=1S/C38H46Cl2N14/c1-22(2)53-20-43-31-34(50-37(51-35(31)53)47-28-9-5-11-41-18-28)46-30-15-24(14-26(40)17-30)13-23(3)54-21-44-32-33(45-27-8-4-7-25(39)16-27)49-38(52-36(32)54)48-29-10-6-12-42-19-29/h4,7-8,14-17,20-23,28-29,41-42H,5-6,9-13,18-19H2,1-3H3,(H2,45,48,49,52)(H2,46,47,50,51)/t23?,28-,29+/m1/s1. The van der Waals surface area contributed by atoms with Gasteiger partial charge in [-0.25, -0.2) is 9.97 Å². The van der Waals surface area contributed by atoms with E-state index in [1.54, 1.807) is 0 Å². The summed E-state index contributed by atoms with van der Waals surface area (Å²) in [4.78, 5) is 29.2. The van der Waals surface area contributed by atoms with E-state index in [-0.39, 0.29) is 24.2 Å². The lowest BCUT2D eigenvalue weighted by Gasteiger charge is -2.24. The van der Waals surface area contributed by atoms with Crippen LogP contribution in [0.5, 0.6) is 0 Å². The molecule has 0 bridgehead atoms. The SMILES string of the molecule is CC(C)n1cnc2c(Nc3cc(Cl)cc(CC(C)n4cnc5c(Nc6cccc(Cl)c6)nc(N[C@H]6CCCNC6)nc54)c3)nc(N[C@@H]3CCCNC3)nc21. The van der Waals surface area contributed by atoms with Crippen molar-refractivity contribution < 1.29 is 0 Å². The molecule has 14 nitrogen and oxygen atoms in total. The van der Waals surface area contributed by atoms with Crippen molar-refractivity contribution in [2.45, 2.75) is 77.0 Å². The van der Waals surface area contributed by atoms with E-state index in [2.05, 4.69) is 67.9 Å². The Bertz CT molecular complexity index is 2240. The molecule has 0 spiro atoms. The minimum atomic E-state index is -0.0214. The summed E-state index contributed by atoms with van der Waals surface area (Å²) in [6.45, 7) is 10.2. The summed E-state index contributed by atoms with van der Waals surface area (Å²) in [6.07, 6.45) is 8.64. The maximum absolute atomic E-state index is 6.78. The van der Waals surface area contributed by atoms with E-state index in [1.165, 1.54) is 0 Å². The third-order valence-corrected chi connectivity index (χ3v) is 10.4. The molecule has 2 aromatic carbocycles. The Morgan fingerprint density at radius 1 is 0.722 bits per heavy atom. The number of halogens is 2. The molecule has 0 saturated carbocycles. The number of rotatable bonds is 12. The fourth-order valence-electron chi connectivity index (χ4n) is 7.27. The van der Waals surface area contributed by atoms with E-state index in [1.807, 2.05) is 49.1 Å². The van der Waals surface area contributed by atoms with Crippen LogP contribution in [0.15, 0.2) is 55.1 Å². The number of fused-ring (bicyclic) bond motifs is 2. The van der Waals surface area contributed by atoms with Crippen molar-refractivity contribution in [1.82, 2.24) is 49.7 Å². The molecular formula is C38H46Cl2N14. The molecule has 6 N–H and O–H groups in total. The molecule has 282 valence electrons. The zero-order valence-electron chi connectivity index (χ0n) is 30.7. The summed E-state index contributed by atoms with van der Waals surface area (Å²) in [5.74, 6) is 2.35. The second-order valence-corrected chi connectivity index (χ2v) is 15.4. The predicted molar refractivity (Wildman–Crippen MR) is 218 cm³/mol. The number of piperidine rings is 2. The average molecular weight is 770 g/mol. The van der Waals surface area contributed by atoms with Crippen LogP contribution in [-0.2, 0) is 6.42 Å². The van der Waals surface area contributed by atoms with Crippen molar-refractivity contribution in [3.05, 3.63) is 70.7 Å². The molecule has 6 heterocycles. The molecule has 2 saturated heterocycles. The quantitative estimate of drug-likeness (QED) is 0.0730. The van der Waals surface area contributed by atoms with Gasteiger partial charge in [0.15, 0.2) is 34.0 Å². The Kier molecular flexibility index (Phi) is 10.7. The van der Waals surface area contributed by atoms with Gasteiger partial charge in [0, 0.05) is 58.7 Å². The number of hydrogen-bond acceptors (Lipinski definition) is 12. The highest BCUT2D eigenvalue weighted by atomic mass is 35.5. The molecule has 3 atom stereocenters. The Balaban J connectivity index is 1.08. The van der Waals surface area contributed by atoms with Crippen molar-refractivity contribution in [2.75, 3.05) is 47.4 Å². The summed E-state index contributed by atoms with van der Waals surface area (Å²) in [5, 5.41) is 22.3. The smallest absolute Gasteiger partial charge is 0.227 e. The van der Waals surface area contributed by atoms with Gasteiger partial charge in [-0.2, -0.15) is 19.9 Å². The molecule has 8 rings (SSSR count). The molecule has 2 aliphatic rings. The maximum Gasteiger partial charge on any atom is 0.227 e. The third-order valence-electron chi connectivity index (χ3n) is 9.97. The zero-order valence-corrected chi connectivity index (χ0v) is 32.2. The van der Waals surface area contributed by atoms with Gasteiger partial charge in [-0.05, 0) is 108 Å². The average Bonchev–Trinajstić information content (AvgIpc) is 3.78. The number of imidazole rings is 2. The fourth-order valence-corrected chi connectivity index (χ4v) is 7.72. The fraction of sp³-hybridized carbons (Fsp3) is 0.421. The molecule has 0 amide bonds. The van der Waals surface area contributed by atoms with Crippen LogP contribution in [0.3, 0.4) is 0 Å². The molecular weight excluding hydrogens is 723 g/mol. The van der Waals surface area contributed by atoms with Gasteiger partial charge in [0.2, 0.25) is 11.9 Å².